The topological polar surface area (TPSA) is 87.5 Å². The molecule has 0 spiro atoms. The standard InChI is InChI=1S/C18H24N4O4S/c1-5-6-22-16(11-24-2)20-21-18(22)27-12-17(23)19-10-13-7-14(25-3)9-15(8-13)26-4/h5,7-9H,1,6,10-12H2,2-4H3,(H,19,23). The van der Waals surface area contributed by atoms with Crippen LogP contribution >= 0.6 is 11.8 Å². The first-order valence-electron chi connectivity index (χ1n) is 8.24. The van der Waals surface area contributed by atoms with Crippen molar-refractivity contribution in [2.75, 3.05) is 27.1 Å². The van der Waals surface area contributed by atoms with Gasteiger partial charge in [0.2, 0.25) is 5.91 Å². The number of hydrogen-bond acceptors (Lipinski definition) is 7. The van der Waals surface area contributed by atoms with E-state index in [1.165, 1.54) is 11.8 Å². The fourth-order valence-electron chi connectivity index (χ4n) is 2.32. The summed E-state index contributed by atoms with van der Waals surface area (Å²) in [6.45, 7) is 5.02. The summed E-state index contributed by atoms with van der Waals surface area (Å²) < 4.78 is 17.5. The van der Waals surface area contributed by atoms with Crippen LogP contribution in [0.5, 0.6) is 11.5 Å². The third kappa shape index (κ3) is 6.00. The van der Waals surface area contributed by atoms with Crippen LogP contribution in [-0.4, -0.2) is 47.8 Å². The molecule has 0 radical (unpaired) electrons. The van der Waals surface area contributed by atoms with Gasteiger partial charge in [-0.05, 0) is 17.7 Å². The Kier molecular flexibility index (Phi) is 8.15. The lowest BCUT2D eigenvalue weighted by molar-refractivity contribution is -0.118. The Morgan fingerprint density at radius 1 is 1.22 bits per heavy atom. The highest BCUT2D eigenvalue weighted by atomic mass is 32.2. The number of aromatic nitrogens is 3. The summed E-state index contributed by atoms with van der Waals surface area (Å²) >= 11 is 1.32. The maximum absolute atomic E-state index is 12.2. The zero-order chi connectivity index (χ0) is 19.6. The van der Waals surface area contributed by atoms with Crippen molar-refractivity contribution >= 4 is 17.7 Å². The molecule has 0 aliphatic heterocycles. The largest absolute Gasteiger partial charge is 0.497 e. The predicted molar refractivity (Wildman–Crippen MR) is 103 cm³/mol. The van der Waals surface area contributed by atoms with E-state index in [-0.39, 0.29) is 11.7 Å². The van der Waals surface area contributed by atoms with Gasteiger partial charge in [-0.1, -0.05) is 17.8 Å². The van der Waals surface area contributed by atoms with E-state index in [0.29, 0.717) is 42.2 Å². The van der Waals surface area contributed by atoms with Gasteiger partial charge in [-0.2, -0.15) is 0 Å². The number of rotatable bonds is 11. The number of carbonyl (C=O) groups is 1. The second-order valence-electron chi connectivity index (χ2n) is 5.52. The molecule has 0 saturated heterocycles. The maximum atomic E-state index is 12.2. The van der Waals surface area contributed by atoms with Gasteiger partial charge in [0.05, 0.1) is 20.0 Å². The highest BCUT2D eigenvalue weighted by molar-refractivity contribution is 7.99. The van der Waals surface area contributed by atoms with Gasteiger partial charge in [0.15, 0.2) is 11.0 Å². The van der Waals surface area contributed by atoms with Crippen molar-refractivity contribution in [1.82, 2.24) is 20.1 Å². The van der Waals surface area contributed by atoms with Crippen LogP contribution in [0.25, 0.3) is 0 Å². The van der Waals surface area contributed by atoms with Gasteiger partial charge in [0, 0.05) is 26.3 Å². The monoisotopic (exact) mass is 392 g/mol. The van der Waals surface area contributed by atoms with Crippen molar-refractivity contribution in [1.29, 1.82) is 0 Å². The summed E-state index contributed by atoms with van der Waals surface area (Å²) in [5.41, 5.74) is 0.891. The van der Waals surface area contributed by atoms with Gasteiger partial charge in [0.25, 0.3) is 0 Å². The number of ether oxygens (including phenoxy) is 3. The lowest BCUT2D eigenvalue weighted by Gasteiger charge is -2.10. The van der Waals surface area contributed by atoms with E-state index in [1.807, 2.05) is 16.7 Å². The molecule has 0 bridgehead atoms. The highest BCUT2D eigenvalue weighted by Crippen LogP contribution is 2.22. The summed E-state index contributed by atoms with van der Waals surface area (Å²) in [6, 6.07) is 5.49. The first-order chi connectivity index (χ1) is 13.1. The first-order valence-corrected chi connectivity index (χ1v) is 9.23. The minimum atomic E-state index is -0.108. The second kappa shape index (κ2) is 10.6. The number of nitrogens with one attached hydrogen (secondary N) is 1. The Labute approximate surface area is 162 Å². The summed E-state index contributed by atoms with van der Waals surface area (Å²) in [7, 11) is 4.77. The van der Waals surface area contributed by atoms with Crippen LogP contribution in [0.2, 0.25) is 0 Å². The lowest BCUT2D eigenvalue weighted by Crippen LogP contribution is -2.24. The molecule has 0 unspecified atom stereocenters. The SMILES string of the molecule is C=CCn1c(COC)nnc1SCC(=O)NCc1cc(OC)cc(OC)c1. The predicted octanol–water partition coefficient (Wildman–Crippen LogP) is 2.04. The molecule has 2 rings (SSSR count). The molecule has 0 atom stereocenters. The van der Waals surface area contributed by atoms with Crippen molar-refractivity contribution in [2.24, 2.45) is 0 Å². The number of amides is 1. The summed E-state index contributed by atoms with van der Waals surface area (Å²) in [4.78, 5) is 12.2. The van der Waals surface area contributed by atoms with Crippen LogP contribution in [0.1, 0.15) is 11.4 Å². The van der Waals surface area contributed by atoms with Crippen LogP contribution in [0.3, 0.4) is 0 Å². The Morgan fingerprint density at radius 3 is 2.52 bits per heavy atom. The molecular weight excluding hydrogens is 368 g/mol. The van der Waals surface area contributed by atoms with E-state index in [1.54, 1.807) is 33.5 Å². The molecule has 27 heavy (non-hydrogen) atoms. The molecule has 146 valence electrons. The van der Waals surface area contributed by atoms with Crippen LogP contribution < -0.4 is 14.8 Å². The maximum Gasteiger partial charge on any atom is 0.230 e. The van der Waals surface area contributed by atoms with Crippen molar-refractivity contribution in [3.05, 3.63) is 42.2 Å². The first kappa shape index (κ1) is 20.8. The number of allylic oxidation sites excluding steroid dienone is 1. The summed E-state index contributed by atoms with van der Waals surface area (Å²) in [6.07, 6.45) is 1.75. The van der Waals surface area contributed by atoms with Crippen molar-refractivity contribution in [2.45, 2.75) is 24.9 Å². The van der Waals surface area contributed by atoms with Gasteiger partial charge in [-0.3, -0.25) is 4.79 Å². The minimum Gasteiger partial charge on any atom is -0.497 e. The molecule has 9 heteroatoms. The second-order valence-corrected chi connectivity index (χ2v) is 6.46. The van der Waals surface area contributed by atoms with Crippen LogP contribution in [0.4, 0.5) is 0 Å². The van der Waals surface area contributed by atoms with Gasteiger partial charge >= 0.3 is 0 Å². The fraction of sp³-hybridized carbons (Fsp3) is 0.389. The van der Waals surface area contributed by atoms with Crippen LogP contribution in [0.15, 0.2) is 36.0 Å². The highest BCUT2D eigenvalue weighted by Gasteiger charge is 2.13. The van der Waals surface area contributed by atoms with E-state index < -0.39 is 0 Å². The number of methoxy groups -OCH3 is 3. The molecular formula is C18H24N4O4S. The fourth-order valence-corrected chi connectivity index (χ4v) is 3.12. The van der Waals surface area contributed by atoms with Crippen LogP contribution in [-0.2, 0) is 29.2 Å². The Morgan fingerprint density at radius 2 is 1.93 bits per heavy atom. The molecule has 1 aromatic carbocycles. The normalized spacial score (nSPS) is 10.5. The minimum absolute atomic E-state index is 0.108. The Hall–Kier alpha value is -2.52. The molecule has 1 amide bonds. The Bertz CT molecular complexity index is 756. The number of nitrogens with zero attached hydrogens (tertiary/aromatic N) is 3. The van der Waals surface area contributed by atoms with Crippen molar-refractivity contribution in [3.63, 3.8) is 0 Å². The van der Waals surface area contributed by atoms with E-state index in [9.17, 15) is 4.79 Å². The molecule has 0 saturated carbocycles. The molecule has 0 fully saturated rings. The summed E-state index contributed by atoms with van der Waals surface area (Å²) in [5.74, 6) is 2.17. The number of carbonyl (C=O) groups excluding carboxylic acids is 1. The van der Waals surface area contributed by atoms with Crippen molar-refractivity contribution < 1.29 is 19.0 Å². The van der Waals surface area contributed by atoms with Crippen LogP contribution in [0, 0.1) is 0 Å². The van der Waals surface area contributed by atoms with Crippen molar-refractivity contribution in [3.8, 4) is 11.5 Å². The molecule has 0 aliphatic carbocycles. The summed E-state index contributed by atoms with van der Waals surface area (Å²) in [5, 5.41) is 11.8. The zero-order valence-electron chi connectivity index (χ0n) is 15.7. The lowest BCUT2D eigenvalue weighted by atomic mass is 10.2. The molecule has 1 heterocycles. The molecule has 1 aromatic heterocycles. The number of benzene rings is 1. The number of hydrogen-bond donors (Lipinski definition) is 1. The Balaban J connectivity index is 1.92. The van der Waals surface area contributed by atoms with E-state index >= 15 is 0 Å². The quantitative estimate of drug-likeness (QED) is 0.462. The van der Waals surface area contributed by atoms with Gasteiger partial charge < -0.3 is 24.1 Å². The van der Waals surface area contributed by atoms with Gasteiger partial charge in [-0.25, -0.2) is 0 Å². The zero-order valence-corrected chi connectivity index (χ0v) is 16.5. The number of thioether (sulfide) groups is 1. The average molecular weight is 392 g/mol. The molecule has 2 aromatic rings. The third-order valence-corrected chi connectivity index (χ3v) is 4.58. The third-order valence-electron chi connectivity index (χ3n) is 3.61. The smallest absolute Gasteiger partial charge is 0.230 e. The molecule has 8 nitrogen and oxygen atoms in total. The molecule has 0 aliphatic rings. The van der Waals surface area contributed by atoms with Gasteiger partial charge in [-0.15, -0.1) is 16.8 Å². The average Bonchev–Trinajstić information content (AvgIpc) is 3.06. The van der Waals surface area contributed by atoms with Gasteiger partial charge in [0.1, 0.15) is 18.1 Å². The molecule has 1 N–H and O–H groups in total. The van der Waals surface area contributed by atoms with E-state index in [2.05, 4.69) is 22.1 Å². The van der Waals surface area contributed by atoms with E-state index in [0.717, 1.165) is 5.56 Å². The van der Waals surface area contributed by atoms with E-state index in [4.69, 9.17) is 14.2 Å².